The number of halogens is 8. The van der Waals surface area contributed by atoms with Gasteiger partial charge in [0.1, 0.15) is 6.04 Å². The molecule has 0 saturated carbocycles. The van der Waals surface area contributed by atoms with E-state index < -0.39 is 76.4 Å². The minimum Gasteiger partial charge on any atom is -0.467 e. The number of nitrogens with one attached hydrogen (secondary N) is 1. The van der Waals surface area contributed by atoms with Gasteiger partial charge in [-0.05, 0) is 0 Å². The van der Waals surface area contributed by atoms with Crippen molar-refractivity contribution in [3.63, 3.8) is 0 Å². The molecule has 0 radical (unpaired) electrons. The van der Waals surface area contributed by atoms with Crippen LogP contribution in [-0.2, 0) is 19.1 Å². The number of carbonyl (C=O) groups excluding carboxylic acids is 3. The Balaban J connectivity index is 2.77. The minimum absolute atomic E-state index is 0.344. The van der Waals surface area contributed by atoms with E-state index in [2.05, 4.69) is 9.47 Å². The molecule has 0 bridgehead atoms. The Morgan fingerprint density at radius 3 is 1.90 bits per heavy atom. The van der Waals surface area contributed by atoms with Gasteiger partial charge in [-0.25, -0.2) is 18.0 Å². The van der Waals surface area contributed by atoms with Gasteiger partial charge in [0.2, 0.25) is 34.8 Å². The zero-order valence-electron chi connectivity index (χ0n) is 14.0. The van der Waals surface area contributed by atoms with Crippen molar-refractivity contribution in [3.05, 3.63) is 29.1 Å². The highest BCUT2D eigenvalue weighted by Gasteiger charge is 2.41. The van der Waals surface area contributed by atoms with Crippen LogP contribution < -0.4 is 10.1 Å². The van der Waals surface area contributed by atoms with Gasteiger partial charge in [-0.1, -0.05) is 0 Å². The third-order valence-electron chi connectivity index (χ3n) is 2.94. The first-order valence-electron chi connectivity index (χ1n) is 7.06. The first-order valence-corrected chi connectivity index (χ1v) is 8.22. The van der Waals surface area contributed by atoms with Crippen molar-refractivity contribution >= 4 is 29.6 Å². The van der Waals surface area contributed by atoms with Crippen LogP contribution in [0.1, 0.15) is 0 Å². The molecule has 0 aliphatic heterocycles. The van der Waals surface area contributed by atoms with Gasteiger partial charge in [-0.3, -0.25) is 9.59 Å². The maximum Gasteiger partial charge on any atom is 0.471 e. The van der Waals surface area contributed by atoms with Gasteiger partial charge in [-0.2, -0.15) is 22.0 Å². The van der Waals surface area contributed by atoms with Gasteiger partial charge in [0.25, 0.3) is 0 Å². The molecule has 0 spiro atoms. The predicted octanol–water partition coefficient (Wildman–Crippen LogP) is 2.24. The lowest BCUT2D eigenvalue weighted by molar-refractivity contribution is -0.175. The Morgan fingerprint density at radius 1 is 0.966 bits per heavy atom. The van der Waals surface area contributed by atoms with E-state index in [1.54, 1.807) is 0 Å². The largest absolute Gasteiger partial charge is 0.471 e. The molecule has 1 N–H and O–H groups in total. The summed E-state index contributed by atoms with van der Waals surface area (Å²) in [5.41, 5.74) is 0. The highest BCUT2D eigenvalue weighted by atomic mass is 32.2. The van der Waals surface area contributed by atoms with Crippen LogP contribution in [-0.4, -0.2) is 48.7 Å². The van der Waals surface area contributed by atoms with Crippen molar-refractivity contribution in [2.24, 2.45) is 0 Å². The molecule has 1 rings (SSSR count). The lowest BCUT2D eigenvalue weighted by Gasteiger charge is -2.17. The second-order valence-electron chi connectivity index (χ2n) is 4.94. The van der Waals surface area contributed by atoms with Crippen LogP contribution in [0, 0.1) is 29.1 Å². The number of hydrogen-bond donors (Lipinski definition) is 1. The smallest absolute Gasteiger partial charge is 0.467 e. The van der Waals surface area contributed by atoms with Crippen molar-refractivity contribution in [3.8, 4) is 5.75 Å². The van der Waals surface area contributed by atoms with Crippen LogP contribution in [0.5, 0.6) is 5.75 Å². The molecule has 0 aliphatic carbocycles. The van der Waals surface area contributed by atoms with E-state index in [0.29, 0.717) is 11.8 Å². The fourth-order valence-corrected chi connectivity index (χ4v) is 2.43. The second-order valence-corrected chi connectivity index (χ2v) is 5.97. The molecule has 0 heterocycles. The number of ether oxygens (including phenoxy) is 2. The Kier molecular flexibility index (Phi) is 8.23. The molecule has 0 fully saturated rings. The molecular formula is C14H9F8NO5S. The van der Waals surface area contributed by atoms with E-state index in [4.69, 9.17) is 0 Å². The number of alkyl halides is 3. The number of benzene rings is 1. The molecule has 1 aromatic carbocycles. The molecule has 0 saturated heterocycles. The number of methoxy groups -OCH3 is 1. The molecule has 1 aromatic rings. The lowest BCUT2D eigenvalue weighted by atomic mass is 10.2. The Labute approximate surface area is 160 Å². The molecule has 1 unspecified atom stereocenters. The molecule has 162 valence electrons. The summed E-state index contributed by atoms with van der Waals surface area (Å²) in [5.74, 6) is -20.8. The fourth-order valence-electron chi connectivity index (χ4n) is 1.63. The third-order valence-corrected chi connectivity index (χ3v) is 3.95. The van der Waals surface area contributed by atoms with Crippen molar-refractivity contribution in [2.45, 2.75) is 12.2 Å². The van der Waals surface area contributed by atoms with Gasteiger partial charge in [0, 0.05) is 5.75 Å². The van der Waals surface area contributed by atoms with E-state index in [1.807, 2.05) is 0 Å². The zero-order chi connectivity index (χ0) is 22.5. The maximum absolute atomic E-state index is 13.4. The molecular weight excluding hydrogens is 446 g/mol. The fraction of sp³-hybridized carbons (Fsp3) is 0.357. The van der Waals surface area contributed by atoms with E-state index in [9.17, 15) is 49.5 Å². The summed E-state index contributed by atoms with van der Waals surface area (Å²) in [6.45, 7) is 0. The van der Waals surface area contributed by atoms with Crippen LogP contribution in [0.2, 0.25) is 0 Å². The number of rotatable bonds is 7. The van der Waals surface area contributed by atoms with Crippen LogP contribution in [0.25, 0.3) is 0 Å². The molecule has 29 heavy (non-hydrogen) atoms. The Hall–Kier alpha value is -2.58. The van der Waals surface area contributed by atoms with Crippen molar-refractivity contribution in [1.82, 2.24) is 5.32 Å². The zero-order valence-corrected chi connectivity index (χ0v) is 14.8. The number of amides is 1. The van der Waals surface area contributed by atoms with Gasteiger partial charge >= 0.3 is 24.0 Å². The Bertz CT molecular complexity index is 787. The Morgan fingerprint density at radius 2 is 1.45 bits per heavy atom. The van der Waals surface area contributed by atoms with Crippen molar-refractivity contribution in [1.29, 1.82) is 0 Å². The summed E-state index contributed by atoms with van der Waals surface area (Å²) < 4.78 is 111. The highest BCUT2D eigenvalue weighted by Crippen LogP contribution is 2.29. The van der Waals surface area contributed by atoms with Crippen molar-refractivity contribution < 1.29 is 59.0 Å². The third kappa shape index (κ3) is 6.20. The van der Waals surface area contributed by atoms with E-state index >= 15 is 0 Å². The molecule has 0 aliphatic rings. The summed E-state index contributed by atoms with van der Waals surface area (Å²) in [5, 5.41) is 1.30. The maximum atomic E-state index is 13.4. The standard InChI is InChI=1S/C14H9F8NO5S/c1-27-12(25)4(23-13(26)14(20,21)22)2-29-3-5(24)28-11-9(18)7(16)6(15)8(17)10(11)19/h4H,2-3H2,1H3,(H,23,26). The summed E-state index contributed by atoms with van der Waals surface area (Å²) in [6, 6.07) is -1.86. The topological polar surface area (TPSA) is 81.7 Å². The van der Waals surface area contributed by atoms with E-state index in [-0.39, 0.29) is 0 Å². The van der Waals surface area contributed by atoms with Crippen LogP contribution in [0.3, 0.4) is 0 Å². The first-order chi connectivity index (χ1) is 13.3. The van der Waals surface area contributed by atoms with Gasteiger partial charge in [-0.15, -0.1) is 11.8 Å². The van der Waals surface area contributed by atoms with E-state index in [1.165, 1.54) is 5.32 Å². The molecule has 0 aromatic heterocycles. The van der Waals surface area contributed by atoms with Gasteiger partial charge < -0.3 is 14.8 Å². The number of esters is 2. The normalized spacial score (nSPS) is 12.3. The summed E-state index contributed by atoms with van der Waals surface area (Å²) in [6.07, 6.45) is -5.32. The average Bonchev–Trinajstić information content (AvgIpc) is 2.65. The van der Waals surface area contributed by atoms with Gasteiger partial charge in [0.15, 0.2) is 0 Å². The minimum atomic E-state index is -5.32. The monoisotopic (exact) mass is 455 g/mol. The van der Waals surface area contributed by atoms with Crippen LogP contribution in [0.15, 0.2) is 0 Å². The predicted molar refractivity (Wildman–Crippen MR) is 79.2 cm³/mol. The van der Waals surface area contributed by atoms with Crippen LogP contribution >= 0.6 is 11.8 Å². The number of hydrogen-bond acceptors (Lipinski definition) is 6. The first kappa shape index (κ1) is 24.5. The quantitative estimate of drug-likeness (QED) is 0.223. The summed E-state index contributed by atoms with van der Waals surface area (Å²) in [4.78, 5) is 33.8. The highest BCUT2D eigenvalue weighted by molar-refractivity contribution is 8.00. The SMILES string of the molecule is COC(=O)C(CSCC(=O)Oc1c(F)c(F)c(F)c(F)c1F)NC(=O)C(F)(F)F. The number of thioether (sulfide) groups is 1. The van der Waals surface area contributed by atoms with Crippen LogP contribution in [0.4, 0.5) is 35.1 Å². The molecule has 1 amide bonds. The lowest BCUT2D eigenvalue weighted by Crippen LogP contribution is -2.48. The molecule has 6 nitrogen and oxygen atoms in total. The molecule has 1 atom stereocenters. The summed E-state index contributed by atoms with van der Waals surface area (Å²) >= 11 is 0.344. The van der Waals surface area contributed by atoms with E-state index in [0.717, 1.165) is 7.11 Å². The number of carbonyl (C=O) groups is 3. The summed E-state index contributed by atoms with van der Waals surface area (Å²) in [7, 11) is 0.803. The van der Waals surface area contributed by atoms with Gasteiger partial charge in [0.05, 0.1) is 12.9 Å². The average molecular weight is 455 g/mol. The second kappa shape index (κ2) is 9.76. The van der Waals surface area contributed by atoms with Crippen molar-refractivity contribution in [2.75, 3.05) is 18.6 Å². The molecule has 15 heteroatoms.